The topological polar surface area (TPSA) is 78.9 Å². The first-order valence-electron chi connectivity index (χ1n) is 32.5. The van der Waals surface area contributed by atoms with Gasteiger partial charge in [-0.1, -0.05) is 295 Å². The first-order chi connectivity index (χ1) is 36.0. The minimum absolute atomic E-state index is 0.0738. The van der Waals surface area contributed by atoms with E-state index in [1.807, 2.05) is 0 Å². The summed E-state index contributed by atoms with van der Waals surface area (Å²) in [4.78, 5) is 38.3. The third kappa shape index (κ3) is 60.4. The minimum Gasteiger partial charge on any atom is -0.462 e. The third-order valence-corrected chi connectivity index (χ3v) is 14.6. The van der Waals surface area contributed by atoms with Crippen molar-refractivity contribution in [1.29, 1.82) is 0 Å². The Hall–Kier alpha value is -2.37. The van der Waals surface area contributed by atoms with Crippen LogP contribution in [0.1, 0.15) is 355 Å². The lowest BCUT2D eigenvalue weighted by molar-refractivity contribution is -0.167. The number of rotatable bonds is 60. The number of allylic oxidation sites excluding steroid dienone is 6. The summed E-state index contributed by atoms with van der Waals surface area (Å²) in [7, 11) is 0. The van der Waals surface area contributed by atoms with Gasteiger partial charge < -0.3 is 14.2 Å². The van der Waals surface area contributed by atoms with Crippen molar-refractivity contribution in [3.63, 3.8) is 0 Å². The maximum atomic E-state index is 12.9. The summed E-state index contributed by atoms with van der Waals surface area (Å²) in [6.45, 7) is 6.66. The van der Waals surface area contributed by atoms with Crippen LogP contribution in [0.25, 0.3) is 0 Å². The van der Waals surface area contributed by atoms with E-state index in [2.05, 4.69) is 57.2 Å². The monoisotopic (exact) mass is 1020 g/mol. The van der Waals surface area contributed by atoms with Gasteiger partial charge in [-0.05, 0) is 77.0 Å². The molecule has 0 radical (unpaired) electrons. The zero-order valence-corrected chi connectivity index (χ0v) is 49.2. The second kappa shape index (κ2) is 62.2. The van der Waals surface area contributed by atoms with Crippen molar-refractivity contribution in [3.8, 4) is 0 Å². The van der Waals surface area contributed by atoms with E-state index in [1.165, 1.54) is 238 Å². The number of hydrogen-bond donors (Lipinski definition) is 0. The van der Waals surface area contributed by atoms with E-state index in [4.69, 9.17) is 14.2 Å². The molecule has 0 N–H and O–H groups in total. The van der Waals surface area contributed by atoms with Crippen LogP contribution in [-0.2, 0) is 28.6 Å². The van der Waals surface area contributed by atoms with Gasteiger partial charge in [-0.3, -0.25) is 14.4 Å². The highest BCUT2D eigenvalue weighted by atomic mass is 16.6. The Kier molecular flexibility index (Phi) is 60.2. The predicted octanol–water partition coefficient (Wildman–Crippen LogP) is 22.0. The van der Waals surface area contributed by atoms with Crippen molar-refractivity contribution in [2.75, 3.05) is 13.2 Å². The standard InChI is InChI=1S/C67H124O6/c1-4-7-10-13-16-19-22-25-28-31-32-33-34-35-37-39-42-45-48-51-54-57-60-66(69)72-63-64(62-71-65(68)59-56-53-50-47-44-41-38-30-27-24-21-18-15-12-9-6-3)73-67(70)61-58-55-52-49-46-43-40-36-29-26-23-20-17-14-11-8-5-2/h17,20,26,29-30,38,64H,4-16,18-19,21-25,27-28,31-37,39-63H2,1-3H3/b20-17-,29-26-,38-30-. The molecule has 0 aliphatic rings. The Bertz CT molecular complexity index is 1220. The van der Waals surface area contributed by atoms with Crippen LogP contribution < -0.4 is 0 Å². The van der Waals surface area contributed by atoms with Gasteiger partial charge in [0.2, 0.25) is 0 Å². The fourth-order valence-electron chi connectivity index (χ4n) is 9.71. The molecular formula is C67H124O6. The van der Waals surface area contributed by atoms with Crippen molar-refractivity contribution in [3.05, 3.63) is 36.5 Å². The Morgan fingerprint density at radius 3 is 0.795 bits per heavy atom. The summed E-state index contributed by atoms with van der Waals surface area (Å²) < 4.78 is 16.9. The predicted molar refractivity (Wildman–Crippen MR) is 316 cm³/mol. The average molecular weight is 1030 g/mol. The van der Waals surface area contributed by atoms with Crippen LogP contribution in [0, 0.1) is 0 Å². The van der Waals surface area contributed by atoms with Crippen LogP contribution in [0.2, 0.25) is 0 Å². The lowest BCUT2D eigenvalue weighted by atomic mass is 10.0. The zero-order valence-electron chi connectivity index (χ0n) is 49.2. The normalized spacial score (nSPS) is 12.2. The Labute approximate surface area is 455 Å². The van der Waals surface area contributed by atoms with Crippen molar-refractivity contribution < 1.29 is 28.6 Å². The first-order valence-corrected chi connectivity index (χ1v) is 32.5. The van der Waals surface area contributed by atoms with Gasteiger partial charge in [-0.2, -0.15) is 0 Å². The highest BCUT2D eigenvalue weighted by molar-refractivity contribution is 5.71. The van der Waals surface area contributed by atoms with E-state index < -0.39 is 6.10 Å². The third-order valence-electron chi connectivity index (χ3n) is 14.6. The van der Waals surface area contributed by atoms with Gasteiger partial charge in [-0.25, -0.2) is 0 Å². The van der Waals surface area contributed by atoms with E-state index >= 15 is 0 Å². The van der Waals surface area contributed by atoms with Gasteiger partial charge in [0.1, 0.15) is 13.2 Å². The average Bonchev–Trinajstić information content (AvgIpc) is 3.39. The highest BCUT2D eigenvalue weighted by Gasteiger charge is 2.19. The molecule has 73 heavy (non-hydrogen) atoms. The molecule has 1 unspecified atom stereocenters. The first kappa shape index (κ1) is 70.6. The van der Waals surface area contributed by atoms with E-state index in [0.29, 0.717) is 19.3 Å². The largest absolute Gasteiger partial charge is 0.462 e. The van der Waals surface area contributed by atoms with Gasteiger partial charge >= 0.3 is 17.9 Å². The Morgan fingerprint density at radius 2 is 0.493 bits per heavy atom. The van der Waals surface area contributed by atoms with Crippen LogP contribution in [0.15, 0.2) is 36.5 Å². The molecule has 0 amide bonds. The molecule has 0 spiro atoms. The van der Waals surface area contributed by atoms with Crippen molar-refractivity contribution in [1.82, 2.24) is 0 Å². The molecule has 0 aliphatic heterocycles. The second-order valence-corrected chi connectivity index (χ2v) is 22.0. The number of ether oxygens (including phenoxy) is 3. The van der Waals surface area contributed by atoms with E-state index in [-0.39, 0.29) is 31.1 Å². The van der Waals surface area contributed by atoms with E-state index in [9.17, 15) is 14.4 Å². The molecule has 0 bridgehead atoms. The van der Waals surface area contributed by atoms with Crippen LogP contribution in [-0.4, -0.2) is 37.2 Å². The molecule has 0 heterocycles. The summed E-state index contributed by atoms with van der Waals surface area (Å²) in [5.74, 6) is -0.866. The van der Waals surface area contributed by atoms with Gasteiger partial charge in [0.05, 0.1) is 0 Å². The summed E-state index contributed by atoms with van der Waals surface area (Å²) >= 11 is 0. The number of hydrogen-bond acceptors (Lipinski definition) is 6. The highest BCUT2D eigenvalue weighted by Crippen LogP contribution is 2.18. The lowest BCUT2D eigenvalue weighted by Crippen LogP contribution is -2.30. The van der Waals surface area contributed by atoms with Crippen LogP contribution in [0.5, 0.6) is 0 Å². The van der Waals surface area contributed by atoms with Crippen molar-refractivity contribution in [2.45, 2.75) is 361 Å². The molecule has 0 rings (SSSR count). The lowest BCUT2D eigenvalue weighted by Gasteiger charge is -2.18. The van der Waals surface area contributed by atoms with Crippen LogP contribution in [0.4, 0.5) is 0 Å². The quantitative estimate of drug-likeness (QED) is 0.0261. The zero-order chi connectivity index (χ0) is 52.9. The van der Waals surface area contributed by atoms with Gasteiger partial charge in [0, 0.05) is 19.3 Å². The Morgan fingerprint density at radius 1 is 0.274 bits per heavy atom. The summed E-state index contributed by atoms with van der Waals surface area (Å²) in [6.07, 6.45) is 75.8. The second-order valence-electron chi connectivity index (χ2n) is 22.0. The fourth-order valence-corrected chi connectivity index (χ4v) is 9.71. The van der Waals surface area contributed by atoms with E-state index in [0.717, 1.165) is 77.0 Å². The SMILES string of the molecule is CCCCC/C=C\C/C=C\CCCCCCCCCC(=O)OC(COC(=O)CCCCCCC/C=C\CCCCCCCCC)COC(=O)CCCCCCCCCCCCCCCCCCCCCCCC. The maximum absolute atomic E-state index is 12.9. The molecule has 0 saturated heterocycles. The number of unbranched alkanes of at least 4 members (excludes halogenated alkanes) is 43. The number of carbonyl (C=O) groups is 3. The molecule has 428 valence electrons. The van der Waals surface area contributed by atoms with Gasteiger partial charge in [0.15, 0.2) is 6.10 Å². The number of carbonyl (C=O) groups excluding carboxylic acids is 3. The molecule has 0 aliphatic carbocycles. The summed E-state index contributed by atoms with van der Waals surface area (Å²) in [6, 6.07) is 0. The summed E-state index contributed by atoms with van der Waals surface area (Å²) in [5, 5.41) is 0. The Balaban J connectivity index is 4.31. The molecule has 6 nitrogen and oxygen atoms in total. The molecule has 0 aromatic heterocycles. The molecular weight excluding hydrogens is 901 g/mol. The van der Waals surface area contributed by atoms with E-state index in [1.54, 1.807) is 0 Å². The van der Waals surface area contributed by atoms with Crippen molar-refractivity contribution in [2.24, 2.45) is 0 Å². The molecule has 6 heteroatoms. The number of esters is 3. The summed E-state index contributed by atoms with van der Waals surface area (Å²) in [5.41, 5.74) is 0. The van der Waals surface area contributed by atoms with Gasteiger partial charge in [-0.15, -0.1) is 0 Å². The molecule has 1 atom stereocenters. The molecule has 0 saturated carbocycles. The van der Waals surface area contributed by atoms with Crippen LogP contribution in [0.3, 0.4) is 0 Å². The fraction of sp³-hybridized carbons (Fsp3) is 0.866. The molecule has 0 aromatic carbocycles. The van der Waals surface area contributed by atoms with Gasteiger partial charge in [0.25, 0.3) is 0 Å². The smallest absolute Gasteiger partial charge is 0.306 e. The molecule has 0 aromatic rings. The van der Waals surface area contributed by atoms with Crippen molar-refractivity contribution >= 4 is 17.9 Å². The minimum atomic E-state index is -0.778. The van der Waals surface area contributed by atoms with Crippen LogP contribution >= 0.6 is 0 Å². The molecule has 0 fully saturated rings. The maximum Gasteiger partial charge on any atom is 0.306 e.